The highest BCUT2D eigenvalue weighted by Crippen LogP contribution is 2.15. The van der Waals surface area contributed by atoms with Crippen molar-refractivity contribution in [2.75, 3.05) is 47.8 Å². The molecule has 0 aliphatic heterocycles. The predicted octanol–water partition coefficient (Wildman–Crippen LogP) is 2.39. The third kappa shape index (κ3) is 6.04. The van der Waals surface area contributed by atoms with Gasteiger partial charge in [-0.2, -0.15) is 0 Å². The summed E-state index contributed by atoms with van der Waals surface area (Å²) in [6.45, 7) is 5.46. The summed E-state index contributed by atoms with van der Waals surface area (Å²) in [7, 11) is 8.48. The second-order valence-electron chi connectivity index (χ2n) is 5.90. The molecule has 0 saturated heterocycles. The number of aryl methyl sites for hydroxylation is 1. The van der Waals surface area contributed by atoms with Gasteiger partial charge < -0.3 is 15.1 Å². The quantitative estimate of drug-likeness (QED) is 0.748. The summed E-state index contributed by atoms with van der Waals surface area (Å²) in [6.07, 6.45) is 2.38. The Morgan fingerprint density at radius 3 is 2.20 bits per heavy atom. The van der Waals surface area contributed by atoms with Crippen molar-refractivity contribution in [2.45, 2.75) is 25.8 Å². The number of likely N-dealkylation sites (N-methyl/N-ethyl adjacent to an activating group) is 3. The van der Waals surface area contributed by atoms with E-state index in [0.717, 1.165) is 19.6 Å². The average molecular weight is 277 g/mol. The SMILES string of the molecule is CCCc1ccc(C(CN(C)CCN(C)C)NC)cc1. The van der Waals surface area contributed by atoms with Crippen LogP contribution >= 0.6 is 0 Å². The monoisotopic (exact) mass is 277 g/mol. The normalized spacial score (nSPS) is 13.2. The highest BCUT2D eigenvalue weighted by atomic mass is 15.2. The first-order chi connectivity index (χ1) is 9.56. The Hall–Kier alpha value is -0.900. The van der Waals surface area contributed by atoms with Crippen molar-refractivity contribution < 1.29 is 0 Å². The zero-order valence-corrected chi connectivity index (χ0v) is 13.8. The molecular weight excluding hydrogens is 246 g/mol. The summed E-state index contributed by atoms with van der Waals surface area (Å²) in [5.74, 6) is 0. The van der Waals surface area contributed by atoms with Crippen molar-refractivity contribution in [3.63, 3.8) is 0 Å². The van der Waals surface area contributed by atoms with E-state index in [4.69, 9.17) is 0 Å². The van der Waals surface area contributed by atoms with Gasteiger partial charge in [0, 0.05) is 25.7 Å². The second kappa shape index (κ2) is 9.11. The maximum Gasteiger partial charge on any atom is 0.0446 e. The van der Waals surface area contributed by atoms with Crippen LogP contribution in [0.15, 0.2) is 24.3 Å². The van der Waals surface area contributed by atoms with E-state index >= 15 is 0 Å². The summed E-state index contributed by atoms with van der Waals surface area (Å²) in [6, 6.07) is 9.47. The average Bonchev–Trinajstić information content (AvgIpc) is 2.44. The van der Waals surface area contributed by atoms with Gasteiger partial charge in [0.2, 0.25) is 0 Å². The Morgan fingerprint density at radius 1 is 1.05 bits per heavy atom. The number of hydrogen-bond acceptors (Lipinski definition) is 3. The maximum atomic E-state index is 3.43. The molecule has 1 aromatic carbocycles. The molecule has 0 aliphatic carbocycles. The van der Waals surface area contributed by atoms with E-state index in [-0.39, 0.29) is 0 Å². The zero-order valence-electron chi connectivity index (χ0n) is 13.8. The van der Waals surface area contributed by atoms with Crippen LogP contribution in [0.3, 0.4) is 0 Å². The lowest BCUT2D eigenvalue weighted by atomic mass is 10.0. The van der Waals surface area contributed by atoms with E-state index in [9.17, 15) is 0 Å². The van der Waals surface area contributed by atoms with Crippen LogP contribution in [-0.4, -0.2) is 57.6 Å². The van der Waals surface area contributed by atoms with Gasteiger partial charge in [-0.05, 0) is 45.7 Å². The van der Waals surface area contributed by atoms with Crippen LogP contribution in [0.25, 0.3) is 0 Å². The van der Waals surface area contributed by atoms with E-state index in [2.05, 4.69) is 67.4 Å². The number of nitrogens with one attached hydrogen (secondary N) is 1. The van der Waals surface area contributed by atoms with Gasteiger partial charge in [-0.15, -0.1) is 0 Å². The van der Waals surface area contributed by atoms with Crippen LogP contribution in [-0.2, 0) is 6.42 Å². The minimum atomic E-state index is 0.401. The molecule has 0 fully saturated rings. The molecule has 0 heterocycles. The largest absolute Gasteiger partial charge is 0.312 e. The van der Waals surface area contributed by atoms with Crippen LogP contribution in [0.4, 0.5) is 0 Å². The van der Waals surface area contributed by atoms with E-state index in [1.807, 2.05) is 7.05 Å². The molecule has 0 aromatic heterocycles. The number of rotatable bonds is 9. The van der Waals surface area contributed by atoms with Crippen molar-refractivity contribution in [3.8, 4) is 0 Å². The summed E-state index contributed by atoms with van der Waals surface area (Å²) in [4.78, 5) is 4.62. The number of hydrogen-bond donors (Lipinski definition) is 1. The van der Waals surface area contributed by atoms with E-state index in [1.54, 1.807) is 0 Å². The first-order valence-electron chi connectivity index (χ1n) is 7.66. The Morgan fingerprint density at radius 2 is 1.70 bits per heavy atom. The molecule has 114 valence electrons. The van der Waals surface area contributed by atoms with Crippen LogP contribution in [0.1, 0.15) is 30.5 Å². The maximum absolute atomic E-state index is 3.43. The number of benzene rings is 1. The van der Waals surface area contributed by atoms with Crippen molar-refractivity contribution in [1.82, 2.24) is 15.1 Å². The van der Waals surface area contributed by atoms with Crippen LogP contribution in [0.5, 0.6) is 0 Å². The molecular formula is C17H31N3. The highest BCUT2D eigenvalue weighted by molar-refractivity contribution is 5.25. The van der Waals surface area contributed by atoms with Gasteiger partial charge in [0.1, 0.15) is 0 Å². The fraction of sp³-hybridized carbons (Fsp3) is 0.647. The standard InChI is InChI=1S/C17H31N3/c1-6-7-15-8-10-16(11-9-15)17(18-2)14-20(5)13-12-19(3)4/h8-11,17-18H,6-7,12-14H2,1-5H3. The van der Waals surface area contributed by atoms with Gasteiger partial charge in [0.05, 0.1) is 0 Å². The second-order valence-corrected chi connectivity index (χ2v) is 5.90. The predicted molar refractivity (Wildman–Crippen MR) is 88.3 cm³/mol. The molecule has 0 amide bonds. The summed E-state index contributed by atoms with van der Waals surface area (Å²) >= 11 is 0. The van der Waals surface area contributed by atoms with Gasteiger partial charge in [0.25, 0.3) is 0 Å². The zero-order chi connectivity index (χ0) is 15.0. The van der Waals surface area contributed by atoms with Gasteiger partial charge in [-0.1, -0.05) is 37.6 Å². The molecule has 0 bridgehead atoms. The van der Waals surface area contributed by atoms with E-state index in [1.165, 1.54) is 24.0 Å². The fourth-order valence-electron chi connectivity index (χ4n) is 2.34. The van der Waals surface area contributed by atoms with Crippen LogP contribution in [0, 0.1) is 0 Å². The molecule has 3 heteroatoms. The molecule has 0 saturated carbocycles. The van der Waals surface area contributed by atoms with Gasteiger partial charge in [-0.3, -0.25) is 0 Å². The van der Waals surface area contributed by atoms with Gasteiger partial charge in [0.15, 0.2) is 0 Å². The lowest BCUT2D eigenvalue weighted by Crippen LogP contribution is -2.35. The van der Waals surface area contributed by atoms with Crippen LogP contribution < -0.4 is 5.32 Å². The lowest BCUT2D eigenvalue weighted by Gasteiger charge is -2.25. The molecule has 20 heavy (non-hydrogen) atoms. The smallest absolute Gasteiger partial charge is 0.0446 e. The van der Waals surface area contributed by atoms with Crippen molar-refractivity contribution >= 4 is 0 Å². The first kappa shape index (κ1) is 17.2. The Labute approximate surface area is 125 Å². The summed E-state index contributed by atoms with van der Waals surface area (Å²) in [5, 5.41) is 3.43. The van der Waals surface area contributed by atoms with Crippen molar-refractivity contribution in [2.24, 2.45) is 0 Å². The van der Waals surface area contributed by atoms with E-state index in [0.29, 0.717) is 6.04 Å². The lowest BCUT2D eigenvalue weighted by molar-refractivity contribution is 0.260. The molecule has 1 unspecified atom stereocenters. The minimum absolute atomic E-state index is 0.401. The third-order valence-electron chi connectivity index (χ3n) is 3.69. The Balaban J connectivity index is 2.56. The third-order valence-corrected chi connectivity index (χ3v) is 3.69. The molecule has 1 aromatic rings. The summed E-state index contributed by atoms with van der Waals surface area (Å²) in [5.41, 5.74) is 2.82. The topological polar surface area (TPSA) is 18.5 Å². The highest BCUT2D eigenvalue weighted by Gasteiger charge is 2.12. The summed E-state index contributed by atoms with van der Waals surface area (Å²) < 4.78 is 0. The molecule has 0 radical (unpaired) electrons. The molecule has 0 aliphatic rings. The molecule has 3 nitrogen and oxygen atoms in total. The van der Waals surface area contributed by atoms with Crippen molar-refractivity contribution in [3.05, 3.63) is 35.4 Å². The van der Waals surface area contributed by atoms with Crippen LogP contribution in [0.2, 0.25) is 0 Å². The Bertz CT molecular complexity index is 359. The molecule has 0 spiro atoms. The van der Waals surface area contributed by atoms with E-state index < -0.39 is 0 Å². The molecule has 1 atom stereocenters. The van der Waals surface area contributed by atoms with Gasteiger partial charge >= 0.3 is 0 Å². The minimum Gasteiger partial charge on any atom is -0.312 e. The Kier molecular flexibility index (Phi) is 7.82. The molecule has 1 N–H and O–H groups in total. The number of nitrogens with zero attached hydrogens (tertiary/aromatic N) is 2. The first-order valence-corrected chi connectivity index (χ1v) is 7.66. The van der Waals surface area contributed by atoms with Crippen molar-refractivity contribution in [1.29, 1.82) is 0 Å². The van der Waals surface area contributed by atoms with Gasteiger partial charge in [-0.25, -0.2) is 0 Å². The fourth-order valence-corrected chi connectivity index (χ4v) is 2.34. The molecule has 1 rings (SSSR count).